The number of alkyl halides is 3. The summed E-state index contributed by atoms with van der Waals surface area (Å²) in [4.78, 5) is 20.9. The molecule has 1 fully saturated rings. The molecule has 6 rings (SSSR count). The van der Waals surface area contributed by atoms with Crippen molar-refractivity contribution in [2.75, 3.05) is 43.9 Å². The van der Waals surface area contributed by atoms with Gasteiger partial charge in [-0.2, -0.15) is 22.6 Å². The summed E-state index contributed by atoms with van der Waals surface area (Å²) >= 11 is 0. The summed E-state index contributed by atoms with van der Waals surface area (Å²) in [6.45, 7) is 2.08. The third-order valence-electron chi connectivity index (χ3n) is 8.43. The van der Waals surface area contributed by atoms with Crippen molar-refractivity contribution < 1.29 is 36.2 Å². The highest BCUT2D eigenvalue weighted by Gasteiger charge is 2.36. The number of sulfonamides is 1. The van der Waals surface area contributed by atoms with E-state index in [9.17, 15) is 31.5 Å². The van der Waals surface area contributed by atoms with Crippen molar-refractivity contribution in [1.29, 1.82) is 0 Å². The van der Waals surface area contributed by atoms with Crippen LogP contribution in [0.1, 0.15) is 29.7 Å². The highest BCUT2D eigenvalue weighted by Crippen LogP contribution is 2.35. The average Bonchev–Trinajstić information content (AvgIpc) is 3.34. The van der Waals surface area contributed by atoms with Crippen LogP contribution in [0.3, 0.4) is 0 Å². The number of piperidine rings is 1. The number of hydrogen-bond donors (Lipinski definition) is 1. The van der Waals surface area contributed by atoms with E-state index in [0.717, 1.165) is 24.1 Å². The lowest BCUT2D eigenvalue weighted by Crippen LogP contribution is -2.52. The number of benzene rings is 1. The van der Waals surface area contributed by atoms with E-state index in [1.165, 1.54) is 16.4 Å². The van der Waals surface area contributed by atoms with E-state index in [-0.39, 0.29) is 38.2 Å². The van der Waals surface area contributed by atoms with E-state index >= 15 is 0 Å². The lowest BCUT2D eigenvalue weighted by molar-refractivity contribution is -0.137. The van der Waals surface area contributed by atoms with Crippen molar-refractivity contribution >= 4 is 21.7 Å². The second-order valence-corrected chi connectivity index (χ2v) is 13.4. The second-order valence-electron chi connectivity index (χ2n) is 11.4. The minimum Gasteiger partial charge on any atom is -0.480 e. The number of halogens is 3. The molecule has 15 heteroatoms. The Morgan fingerprint density at radius 3 is 2.50 bits per heavy atom. The van der Waals surface area contributed by atoms with Crippen LogP contribution in [0.25, 0.3) is 11.3 Å². The average molecular weight is 635 g/mol. The molecule has 3 aliphatic heterocycles. The number of rotatable bonds is 7. The highest BCUT2D eigenvalue weighted by atomic mass is 32.2. The Hall–Kier alpha value is -3.53. The number of aromatic nitrogens is 3. The van der Waals surface area contributed by atoms with E-state index in [1.807, 2.05) is 0 Å². The molecule has 236 valence electrons. The van der Waals surface area contributed by atoms with Crippen molar-refractivity contribution in [3.63, 3.8) is 0 Å². The number of likely N-dealkylation sites (tertiary alicyclic amines) is 1. The molecule has 0 saturated carbocycles. The Labute approximate surface area is 252 Å². The summed E-state index contributed by atoms with van der Waals surface area (Å²) in [5, 5.41) is 15.8. The molecule has 5 heterocycles. The van der Waals surface area contributed by atoms with Gasteiger partial charge in [0.25, 0.3) is 5.91 Å². The van der Waals surface area contributed by atoms with Crippen molar-refractivity contribution in [3.8, 4) is 17.0 Å². The van der Waals surface area contributed by atoms with Gasteiger partial charge in [0.15, 0.2) is 18.2 Å². The second kappa shape index (κ2) is 11.8. The summed E-state index contributed by atoms with van der Waals surface area (Å²) in [6, 6.07) is 8.16. The SMILES string of the molecule is CS(=O)(=O)N1CCc2c(c(-c3ccc(C(F)(F)F)cc3)nn2CC(O)CN2CCC(N3C(=O)COc4cccnc43)CC2)C1. The summed E-state index contributed by atoms with van der Waals surface area (Å²) in [5.41, 5.74) is 1.44. The summed E-state index contributed by atoms with van der Waals surface area (Å²) in [5.74, 6) is 0.989. The van der Waals surface area contributed by atoms with Gasteiger partial charge in [-0.25, -0.2) is 13.4 Å². The van der Waals surface area contributed by atoms with Gasteiger partial charge >= 0.3 is 6.18 Å². The van der Waals surface area contributed by atoms with Crippen LogP contribution >= 0.6 is 0 Å². The molecule has 44 heavy (non-hydrogen) atoms. The number of ether oxygens (including phenoxy) is 1. The molecular formula is C29H33F3N6O5S. The molecule has 1 N–H and O–H groups in total. The van der Waals surface area contributed by atoms with Crippen LogP contribution in [0, 0.1) is 0 Å². The maximum atomic E-state index is 13.2. The van der Waals surface area contributed by atoms with Crippen molar-refractivity contribution in [2.24, 2.45) is 0 Å². The predicted molar refractivity (Wildman–Crippen MR) is 154 cm³/mol. The molecule has 1 saturated heterocycles. The molecule has 3 aliphatic rings. The maximum Gasteiger partial charge on any atom is 0.416 e. The Bertz CT molecular complexity index is 1640. The molecule has 0 aliphatic carbocycles. The van der Waals surface area contributed by atoms with Crippen molar-refractivity contribution in [3.05, 3.63) is 59.4 Å². The van der Waals surface area contributed by atoms with Gasteiger partial charge in [0.05, 0.1) is 30.2 Å². The molecule has 1 aromatic carbocycles. The Balaban J connectivity index is 1.15. The first-order valence-electron chi connectivity index (χ1n) is 14.4. The van der Waals surface area contributed by atoms with Crippen molar-refractivity contribution in [1.82, 2.24) is 24.0 Å². The van der Waals surface area contributed by atoms with Gasteiger partial charge in [0.1, 0.15) is 0 Å². The van der Waals surface area contributed by atoms with Gasteiger partial charge in [-0.05, 0) is 37.1 Å². The maximum absolute atomic E-state index is 13.2. The molecule has 0 spiro atoms. The smallest absolute Gasteiger partial charge is 0.416 e. The number of carbonyl (C=O) groups excluding carboxylic acids is 1. The first kappa shape index (κ1) is 30.5. The number of amides is 1. The first-order chi connectivity index (χ1) is 20.9. The molecule has 1 unspecified atom stereocenters. The molecule has 11 nitrogen and oxygen atoms in total. The molecule has 0 bridgehead atoms. The monoisotopic (exact) mass is 634 g/mol. The minimum absolute atomic E-state index is 0.0256. The van der Waals surface area contributed by atoms with E-state index in [0.29, 0.717) is 67.3 Å². The van der Waals surface area contributed by atoms with Crippen molar-refractivity contribution in [2.45, 2.75) is 50.7 Å². The number of anilines is 1. The zero-order chi connectivity index (χ0) is 31.2. The highest BCUT2D eigenvalue weighted by molar-refractivity contribution is 7.88. The van der Waals surface area contributed by atoms with Crippen LogP contribution < -0.4 is 9.64 Å². The number of hydrogen-bond acceptors (Lipinski definition) is 8. The van der Waals surface area contributed by atoms with Gasteiger partial charge in [-0.3, -0.25) is 14.4 Å². The number of nitrogens with zero attached hydrogens (tertiary/aromatic N) is 6. The van der Waals surface area contributed by atoms with Crippen LogP contribution in [0.5, 0.6) is 5.75 Å². The number of aliphatic hydroxyl groups excluding tert-OH is 1. The lowest BCUT2D eigenvalue weighted by Gasteiger charge is -2.40. The minimum atomic E-state index is -4.48. The van der Waals surface area contributed by atoms with Crippen LogP contribution in [0.2, 0.25) is 0 Å². The predicted octanol–water partition coefficient (Wildman–Crippen LogP) is 2.53. The molecule has 1 amide bonds. The quantitative estimate of drug-likeness (QED) is 0.421. The van der Waals surface area contributed by atoms with Gasteiger partial charge in [-0.1, -0.05) is 12.1 Å². The fourth-order valence-corrected chi connectivity index (χ4v) is 7.03. The Morgan fingerprint density at radius 2 is 1.82 bits per heavy atom. The largest absolute Gasteiger partial charge is 0.480 e. The summed E-state index contributed by atoms with van der Waals surface area (Å²) < 4.78 is 72.6. The fourth-order valence-electron chi connectivity index (χ4n) is 6.24. The van der Waals surface area contributed by atoms with Gasteiger partial charge < -0.3 is 14.7 Å². The number of carbonyl (C=O) groups is 1. The number of pyridine rings is 1. The van der Waals surface area contributed by atoms with E-state index in [4.69, 9.17) is 4.74 Å². The molecule has 2 aromatic heterocycles. The Morgan fingerprint density at radius 1 is 1.09 bits per heavy atom. The third-order valence-corrected chi connectivity index (χ3v) is 9.68. The van der Waals surface area contributed by atoms with Crippen LogP contribution in [0.4, 0.5) is 19.0 Å². The van der Waals surface area contributed by atoms with Gasteiger partial charge in [0.2, 0.25) is 10.0 Å². The molecular weight excluding hydrogens is 601 g/mol. The van der Waals surface area contributed by atoms with Crippen LogP contribution in [-0.2, 0) is 40.5 Å². The zero-order valence-corrected chi connectivity index (χ0v) is 24.9. The number of aliphatic hydroxyl groups is 1. The number of fused-ring (bicyclic) bond motifs is 2. The van der Waals surface area contributed by atoms with Crippen LogP contribution in [-0.4, -0.2) is 94.6 Å². The molecule has 3 aromatic rings. The first-order valence-corrected chi connectivity index (χ1v) is 16.2. The normalized spacial score (nSPS) is 19.4. The Kier molecular flexibility index (Phi) is 8.15. The topological polar surface area (TPSA) is 121 Å². The van der Waals surface area contributed by atoms with Gasteiger partial charge in [0, 0.05) is 68.2 Å². The summed E-state index contributed by atoms with van der Waals surface area (Å²) in [6.07, 6.45) is -0.779. The lowest BCUT2D eigenvalue weighted by atomic mass is 10.0. The van der Waals surface area contributed by atoms with Crippen LogP contribution in [0.15, 0.2) is 42.6 Å². The molecule has 0 radical (unpaired) electrons. The van der Waals surface area contributed by atoms with E-state index in [1.54, 1.807) is 27.9 Å². The number of β-amino-alcohol motifs (C(OH)–C–C–N with tert-alkyl or cyclic N) is 1. The fraction of sp³-hybridized carbons (Fsp3) is 0.483. The van der Waals surface area contributed by atoms with E-state index < -0.39 is 27.9 Å². The van der Waals surface area contributed by atoms with Gasteiger partial charge in [-0.15, -0.1) is 0 Å². The zero-order valence-electron chi connectivity index (χ0n) is 24.1. The molecule has 1 atom stereocenters. The van der Waals surface area contributed by atoms with E-state index in [2.05, 4.69) is 15.0 Å². The summed E-state index contributed by atoms with van der Waals surface area (Å²) in [7, 11) is -3.50. The third kappa shape index (κ3) is 6.18. The standard InChI is InChI=1S/C29H33F3N6O5S/c1-44(41,42)36-14-10-24-23(17-36)27(19-4-6-20(7-5-19)29(30,31)32)34-37(24)16-22(39)15-35-12-8-21(9-13-35)38-26(40)18-43-25-3-2-11-33-28(25)38/h2-7,11,21-22,39H,8-10,12-18H2,1H3.